The number of hydrogen-bond donors (Lipinski definition) is 3. The van der Waals surface area contributed by atoms with Gasteiger partial charge in [-0.3, -0.25) is 0 Å². The molecule has 1 aromatic carbocycles. The second-order valence-electron chi connectivity index (χ2n) is 4.67. The summed E-state index contributed by atoms with van der Waals surface area (Å²) < 4.78 is 0.861. The zero-order valence-electron chi connectivity index (χ0n) is 11.6. The molecular formula is C15H18N4S2. The van der Waals surface area contributed by atoms with Crippen molar-refractivity contribution in [3.05, 3.63) is 58.1 Å². The van der Waals surface area contributed by atoms with Gasteiger partial charge in [-0.15, -0.1) is 6.58 Å². The van der Waals surface area contributed by atoms with Crippen molar-refractivity contribution in [2.75, 3.05) is 11.9 Å². The second-order valence-corrected chi connectivity index (χ2v) is 5.46. The molecule has 0 radical (unpaired) electrons. The van der Waals surface area contributed by atoms with Gasteiger partial charge in [0.15, 0.2) is 4.77 Å². The molecule has 1 aromatic heterocycles. The average Bonchev–Trinajstić information content (AvgIpc) is 2.47. The van der Waals surface area contributed by atoms with Crippen LogP contribution < -0.4 is 5.32 Å². The lowest BCUT2D eigenvalue weighted by atomic mass is 9.94. The molecule has 110 valence electrons. The van der Waals surface area contributed by atoms with E-state index in [2.05, 4.69) is 51.1 Å². The van der Waals surface area contributed by atoms with Crippen LogP contribution in [0.1, 0.15) is 24.3 Å². The summed E-state index contributed by atoms with van der Waals surface area (Å²) in [5.74, 6) is 0.983. The molecule has 0 saturated heterocycles. The summed E-state index contributed by atoms with van der Waals surface area (Å²) >= 11 is 10.0. The number of aromatic amines is 2. The molecule has 1 unspecified atom stereocenters. The van der Waals surface area contributed by atoms with E-state index >= 15 is 0 Å². The first-order valence-electron chi connectivity index (χ1n) is 6.81. The molecule has 4 nitrogen and oxygen atoms in total. The normalized spacial score (nSPS) is 11.8. The number of allylic oxidation sites excluding steroid dienone is 1. The number of nitrogens with one attached hydrogen (secondary N) is 3. The van der Waals surface area contributed by atoms with E-state index in [1.807, 2.05) is 12.1 Å². The Morgan fingerprint density at radius 2 is 2.00 bits per heavy atom. The molecule has 0 saturated carbocycles. The topological polar surface area (TPSA) is 56.5 Å². The highest BCUT2D eigenvalue weighted by Crippen LogP contribution is 2.21. The van der Waals surface area contributed by atoms with Crippen LogP contribution in [0.25, 0.3) is 0 Å². The summed E-state index contributed by atoms with van der Waals surface area (Å²) in [5, 5.41) is 3.20. The first-order valence-corrected chi connectivity index (χ1v) is 7.62. The predicted molar refractivity (Wildman–Crippen MR) is 91.7 cm³/mol. The third-order valence-electron chi connectivity index (χ3n) is 3.16. The summed E-state index contributed by atoms with van der Waals surface area (Å²) in [4.78, 5) is 9.83. The van der Waals surface area contributed by atoms with Crippen LogP contribution in [0, 0.1) is 9.54 Å². The van der Waals surface area contributed by atoms with Crippen molar-refractivity contribution in [3.63, 3.8) is 0 Å². The lowest BCUT2D eigenvalue weighted by Crippen LogP contribution is -2.07. The number of rotatable bonds is 7. The van der Waals surface area contributed by atoms with Gasteiger partial charge < -0.3 is 15.3 Å². The van der Waals surface area contributed by atoms with E-state index in [0.29, 0.717) is 21.4 Å². The molecule has 3 N–H and O–H groups in total. The van der Waals surface area contributed by atoms with Crippen molar-refractivity contribution in [1.29, 1.82) is 0 Å². The Morgan fingerprint density at radius 3 is 2.67 bits per heavy atom. The van der Waals surface area contributed by atoms with Crippen molar-refractivity contribution in [3.8, 4) is 0 Å². The monoisotopic (exact) mass is 318 g/mol. The molecule has 6 heteroatoms. The first kappa shape index (κ1) is 15.6. The zero-order valence-corrected chi connectivity index (χ0v) is 13.3. The third-order valence-corrected chi connectivity index (χ3v) is 3.56. The van der Waals surface area contributed by atoms with Crippen LogP contribution in [0.4, 0.5) is 5.95 Å². The van der Waals surface area contributed by atoms with Gasteiger partial charge in [0.05, 0.1) is 0 Å². The second kappa shape index (κ2) is 7.85. The van der Waals surface area contributed by atoms with Crippen molar-refractivity contribution >= 4 is 30.4 Å². The van der Waals surface area contributed by atoms with Gasteiger partial charge in [0.1, 0.15) is 0 Å². The summed E-state index contributed by atoms with van der Waals surface area (Å²) in [6.45, 7) is 4.73. The van der Waals surface area contributed by atoms with Gasteiger partial charge in [-0.1, -0.05) is 36.4 Å². The van der Waals surface area contributed by atoms with Gasteiger partial charge in [-0.05, 0) is 42.8 Å². The summed E-state index contributed by atoms with van der Waals surface area (Å²) in [7, 11) is 0. The fourth-order valence-corrected chi connectivity index (χ4v) is 2.58. The van der Waals surface area contributed by atoms with Gasteiger partial charge >= 0.3 is 0 Å². The van der Waals surface area contributed by atoms with Crippen LogP contribution in [0.15, 0.2) is 43.0 Å². The molecule has 0 aliphatic carbocycles. The molecule has 2 rings (SSSR count). The van der Waals surface area contributed by atoms with E-state index in [1.165, 1.54) is 5.56 Å². The summed E-state index contributed by atoms with van der Waals surface area (Å²) in [5.41, 5.74) is 1.30. The molecule has 0 fully saturated rings. The van der Waals surface area contributed by atoms with Crippen molar-refractivity contribution < 1.29 is 0 Å². The number of benzene rings is 1. The Hall–Kier alpha value is -1.79. The molecule has 0 bridgehead atoms. The van der Waals surface area contributed by atoms with Gasteiger partial charge in [0, 0.05) is 12.5 Å². The average molecular weight is 318 g/mol. The van der Waals surface area contributed by atoms with Crippen LogP contribution in [0.2, 0.25) is 0 Å². The van der Waals surface area contributed by atoms with E-state index in [-0.39, 0.29) is 0 Å². The number of aromatic nitrogens is 3. The molecule has 2 aromatic rings. The van der Waals surface area contributed by atoms with Gasteiger partial charge in [0.25, 0.3) is 0 Å². The van der Waals surface area contributed by atoms with E-state index in [4.69, 9.17) is 24.4 Å². The van der Waals surface area contributed by atoms with E-state index < -0.39 is 0 Å². The zero-order chi connectivity index (χ0) is 15.1. The number of anilines is 1. The lowest BCUT2D eigenvalue weighted by molar-refractivity contribution is 0.695. The standard InChI is InChI=1S/C15H18N4S2/c1-2-11(12-7-4-3-5-8-12)9-6-10-16-13-17-14(20)19-15(21)18-13/h2-5,7-8,11H,1,6,9-10H2,(H3,16,17,18,19,20,21). The highest BCUT2D eigenvalue weighted by Gasteiger charge is 2.06. The predicted octanol–water partition coefficient (Wildman–Crippen LogP) is 4.36. The Labute approximate surface area is 134 Å². The number of nitrogens with zero attached hydrogens (tertiary/aromatic N) is 1. The Bertz CT molecular complexity index is 662. The largest absolute Gasteiger partial charge is 0.356 e. The number of hydrogen-bond acceptors (Lipinski definition) is 4. The molecule has 0 spiro atoms. The van der Waals surface area contributed by atoms with Gasteiger partial charge in [-0.2, -0.15) is 4.98 Å². The van der Waals surface area contributed by atoms with Crippen molar-refractivity contribution in [2.45, 2.75) is 18.8 Å². The van der Waals surface area contributed by atoms with E-state index in [0.717, 1.165) is 19.4 Å². The molecule has 0 aliphatic heterocycles. The molecule has 21 heavy (non-hydrogen) atoms. The number of H-pyrrole nitrogens is 2. The Kier molecular flexibility index (Phi) is 5.83. The highest BCUT2D eigenvalue weighted by atomic mass is 32.1. The maximum Gasteiger partial charge on any atom is 0.205 e. The molecule has 1 atom stereocenters. The maximum atomic E-state index is 5.02. The SMILES string of the molecule is C=CC(CCCNc1nc(=S)[nH]c(=S)[nH]1)c1ccccc1. The summed E-state index contributed by atoms with van der Waals surface area (Å²) in [6, 6.07) is 10.4. The minimum Gasteiger partial charge on any atom is -0.356 e. The lowest BCUT2D eigenvalue weighted by Gasteiger charge is -2.13. The fraction of sp³-hybridized carbons (Fsp3) is 0.267. The van der Waals surface area contributed by atoms with E-state index in [9.17, 15) is 0 Å². The van der Waals surface area contributed by atoms with Crippen molar-refractivity contribution in [1.82, 2.24) is 15.0 Å². The Balaban J connectivity index is 1.85. The molecule has 0 aliphatic rings. The van der Waals surface area contributed by atoms with Crippen LogP contribution in [-0.4, -0.2) is 21.5 Å². The van der Waals surface area contributed by atoms with Crippen LogP contribution in [-0.2, 0) is 0 Å². The van der Waals surface area contributed by atoms with Crippen LogP contribution in [0.5, 0.6) is 0 Å². The van der Waals surface area contributed by atoms with Crippen LogP contribution >= 0.6 is 24.4 Å². The first-order chi connectivity index (χ1) is 10.2. The quantitative estimate of drug-likeness (QED) is 0.403. The van der Waals surface area contributed by atoms with E-state index in [1.54, 1.807) is 0 Å². The molecular weight excluding hydrogens is 300 g/mol. The Morgan fingerprint density at radius 1 is 1.24 bits per heavy atom. The molecule has 0 amide bonds. The van der Waals surface area contributed by atoms with Crippen molar-refractivity contribution in [2.24, 2.45) is 0 Å². The summed E-state index contributed by atoms with van der Waals surface area (Å²) in [6.07, 6.45) is 4.03. The third kappa shape index (κ3) is 4.91. The van der Waals surface area contributed by atoms with Gasteiger partial charge in [-0.25, -0.2) is 0 Å². The van der Waals surface area contributed by atoms with Crippen LogP contribution in [0.3, 0.4) is 0 Å². The maximum absolute atomic E-state index is 5.02. The fourth-order valence-electron chi connectivity index (χ4n) is 2.13. The minimum absolute atomic E-state index is 0.373. The minimum atomic E-state index is 0.373. The highest BCUT2D eigenvalue weighted by molar-refractivity contribution is 7.71. The smallest absolute Gasteiger partial charge is 0.205 e. The van der Waals surface area contributed by atoms with Gasteiger partial charge in [0.2, 0.25) is 10.7 Å². The molecule has 1 heterocycles.